The lowest BCUT2D eigenvalue weighted by Gasteiger charge is -2.20. The van der Waals surface area contributed by atoms with Crippen LogP contribution in [0.25, 0.3) is 0 Å². The van der Waals surface area contributed by atoms with Gasteiger partial charge in [-0.1, -0.05) is 37.0 Å². The van der Waals surface area contributed by atoms with Crippen LogP contribution in [0.2, 0.25) is 0 Å². The first-order valence-electron chi connectivity index (χ1n) is 10.4. The number of hydrazone groups is 1. The molecule has 1 N–H and O–H groups in total. The molecule has 1 aliphatic rings. The highest BCUT2D eigenvalue weighted by Gasteiger charge is 2.21. The monoisotopic (exact) mass is 427 g/mol. The van der Waals surface area contributed by atoms with Crippen molar-refractivity contribution in [3.8, 4) is 0 Å². The van der Waals surface area contributed by atoms with E-state index in [4.69, 9.17) is 0 Å². The van der Waals surface area contributed by atoms with Crippen molar-refractivity contribution in [3.63, 3.8) is 0 Å². The summed E-state index contributed by atoms with van der Waals surface area (Å²) in [6, 6.07) is 13.2. The van der Waals surface area contributed by atoms with Gasteiger partial charge in [0, 0.05) is 18.3 Å². The maximum Gasteiger partial charge on any atom is 0.271 e. The van der Waals surface area contributed by atoms with Crippen LogP contribution in [-0.4, -0.2) is 27.1 Å². The van der Waals surface area contributed by atoms with E-state index < -0.39 is 10.0 Å². The summed E-state index contributed by atoms with van der Waals surface area (Å²) >= 11 is 0. The van der Waals surface area contributed by atoms with Crippen LogP contribution in [0.3, 0.4) is 0 Å². The first-order chi connectivity index (χ1) is 14.4. The molecule has 2 aromatic carbocycles. The summed E-state index contributed by atoms with van der Waals surface area (Å²) in [7, 11) is -2.16. The smallest absolute Gasteiger partial charge is 0.269 e. The Balaban J connectivity index is 1.67. The Morgan fingerprint density at radius 1 is 0.900 bits per heavy atom. The predicted molar refractivity (Wildman–Crippen MR) is 120 cm³/mol. The first-order valence-corrected chi connectivity index (χ1v) is 11.8. The molecule has 0 radical (unpaired) electrons. The number of aryl methyl sites for hydroxylation is 1. The summed E-state index contributed by atoms with van der Waals surface area (Å²) in [4.78, 5) is 12.7. The Labute approximate surface area is 179 Å². The van der Waals surface area contributed by atoms with Crippen molar-refractivity contribution >= 4 is 27.3 Å². The standard InChI is InChI=1S/C23H29N3O3S/c1-18-10-16-22(17-11-18)30(28,29)26(2)21-14-12-19(13-15-21)23(27)25-24-20-8-6-4-3-5-7-9-20/h10-17H,3-9H2,1-2H3,(H,25,27). The van der Waals surface area contributed by atoms with Gasteiger partial charge in [0.05, 0.1) is 10.6 Å². The Morgan fingerprint density at radius 2 is 1.47 bits per heavy atom. The molecule has 160 valence electrons. The summed E-state index contributed by atoms with van der Waals surface area (Å²) in [5, 5.41) is 4.32. The quantitative estimate of drug-likeness (QED) is 0.706. The van der Waals surface area contributed by atoms with Gasteiger partial charge in [-0.25, -0.2) is 13.8 Å². The molecule has 0 atom stereocenters. The zero-order valence-electron chi connectivity index (χ0n) is 17.6. The summed E-state index contributed by atoms with van der Waals surface area (Å²) in [5.74, 6) is -0.292. The molecule has 30 heavy (non-hydrogen) atoms. The molecule has 0 aromatic heterocycles. The lowest BCUT2D eigenvalue weighted by Crippen LogP contribution is -2.26. The maximum absolute atomic E-state index is 12.8. The summed E-state index contributed by atoms with van der Waals surface area (Å²) in [6.07, 6.45) is 7.80. The van der Waals surface area contributed by atoms with E-state index in [1.807, 2.05) is 6.92 Å². The van der Waals surface area contributed by atoms with Crippen LogP contribution in [0.4, 0.5) is 5.69 Å². The van der Waals surface area contributed by atoms with Gasteiger partial charge < -0.3 is 0 Å². The molecule has 7 heteroatoms. The van der Waals surface area contributed by atoms with Crippen LogP contribution < -0.4 is 9.73 Å². The summed E-state index contributed by atoms with van der Waals surface area (Å²) in [6.45, 7) is 1.91. The lowest BCUT2D eigenvalue weighted by molar-refractivity contribution is 0.0954. The molecule has 1 saturated carbocycles. The number of benzene rings is 2. The SMILES string of the molecule is Cc1ccc(S(=O)(=O)N(C)c2ccc(C(=O)NN=C3CCCCCCC3)cc2)cc1. The highest BCUT2D eigenvalue weighted by molar-refractivity contribution is 7.92. The highest BCUT2D eigenvalue weighted by atomic mass is 32.2. The molecule has 1 fully saturated rings. The summed E-state index contributed by atoms with van der Waals surface area (Å²) < 4.78 is 26.9. The zero-order chi connectivity index (χ0) is 21.6. The van der Waals surface area contributed by atoms with Gasteiger partial charge in [0.1, 0.15) is 0 Å². The molecule has 0 heterocycles. The predicted octanol–water partition coefficient (Wildman–Crippen LogP) is 4.65. The number of nitrogens with one attached hydrogen (secondary N) is 1. The number of sulfonamides is 1. The largest absolute Gasteiger partial charge is 0.271 e. The zero-order valence-corrected chi connectivity index (χ0v) is 18.4. The average molecular weight is 428 g/mol. The van der Waals surface area contributed by atoms with Crippen LogP contribution in [0, 0.1) is 6.92 Å². The molecule has 0 unspecified atom stereocenters. The van der Waals surface area contributed by atoms with E-state index in [1.165, 1.54) is 30.6 Å². The van der Waals surface area contributed by atoms with Gasteiger partial charge >= 0.3 is 0 Å². The third kappa shape index (κ3) is 5.48. The highest BCUT2D eigenvalue weighted by Crippen LogP contribution is 2.23. The van der Waals surface area contributed by atoms with Crippen LogP contribution >= 0.6 is 0 Å². The number of carbonyl (C=O) groups excluding carboxylic acids is 1. The Morgan fingerprint density at radius 3 is 2.07 bits per heavy atom. The van der Waals surface area contributed by atoms with Crippen LogP contribution in [0.5, 0.6) is 0 Å². The van der Waals surface area contributed by atoms with Gasteiger partial charge in [-0.15, -0.1) is 0 Å². The van der Waals surface area contributed by atoms with Gasteiger partial charge in [0.15, 0.2) is 0 Å². The van der Waals surface area contributed by atoms with Crippen molar-refractivity contribution in [1.29, 1.82) is 0 Å². The molecule has 1 amide bonds. The molecule has 0 bridgehead atoms. The number of anilines is 1. The second-order valence-electron chi connectivity index (χ2n) is 7.72. The van der Waals surface area contributed by atoms with Crippen LogP contribution in [0.1, 0.15) is 60.9 Å². The number of rotatable bonds is 5. The van der Waals surface area contributed by atoms with Crippen molar-refractivity contribution in [3.05, 3.63) is 59.7 Å². The van der Waals surface area contributed by atoms with Crippen LogP contribution in [0.15, 0.2) is 58.5 Å². The normalized spacial score (nSPS) is 15.1. The van der Waals surface area contributed by atoms with Crippen molar-refractivity contribution < 1.29 is 13.2 Å². The Kier molecular flexibility index (Phi) is 7.26. The fourth-order valence-electron chi connectivity index (χ4n) is 3.45. The second-order valence-corrected chi connectivity index (χ2v) is 9.69. The minimum atomic E-state index is -3.66. The van der Waals surface area contributed by atoms with Gasteiger partial charge in [0.25, 0.3) is 15.9 Å². The Bertz CT molecular complexity index is 987. The van der Waals surface area contributed by atoms with Gasteiger partial charge in [0.2, 0.25) is 0 Å². The molecule has 0 spiro atoms. The van der Waals surface area contributed by atoms with E-state index in [2.05, 4.69) is 10.5 Å². The van der Waals surface area contributed by atoms with E-state index in [-0.39, 0.29) is 10.8 Å². The number of carbonyl (C=O) groups is 1. The molecule has 0 aliphatic heterocycles. The molecule has 2 aromatic rings. The van der Waals surface area contributed by atoms with Crippen molar-refractivity contribution in [2.45, 2.75) is 56.8 Å². The molecule has 6 nitrogen and oxygen atoms in total. The summed E-state index contributed by atoms with van der Waals surface area (Å²) in [5.41, 5.74) is 5.61. The maximum atomic E-state index is 12.8. The van der Waals surface area contributed by atoms with Gasteiger partial charge in [-0.2, -0.15) is 5.10 Å². The fourth-order valence-corrected chi connectivity index (χ4v) is 4.64. The minimum Gasteiger partial charge on any atom is -0.269 e. The topological polar surface area (TPSA) is 78.8 Å². The third-order valence-corrected chi connectivity index (χ3v) is 7.22. The molecule has 0 saturated heterocycles. The van der Waals surface area contributed by atoms with Crippen molar-refractivity contribution in [2.75, 3.05) is 11.4 Å². The van der Waals surface area contributed by atoms with E-state index in [0.717, 1.165) is 37.0 Å². The number of amides is 1. The van der Waals surface area contributed by atoms with E-state index in [1.54, 1.807) is 48.5 Å². The average Bonchev–Trinajstić information content (AvgIpc) is 2.72. The molecule has 1 aliphatic carbocycles. The van der Waals surface area contributed by atoms with Crippen molar-refractivity contribution in [1.82, 2.24) is 5.43 Å². The fraction of sp³-hybridized carbons (Fsp3) is 0.391. The first kappa shape index (κ1) is 22.0. The molecular weight excluding hydrogens is 398 g/mol. The number of hydrogen-bond acceptors (Lipinski definition) is 4. The Hall–Kier alpha value is -2.67. The van der Waals surface area contributed by atoms with Gasteiger partial charge in [-0.3, -0.25) is 9.10 Å². The molecule has 3 rings (SSSR count). The van der Waals surface area contributed by atoms with E-state index >= 15 is 0 Å². The molecular formula is C23H29N3O3S. The number of hydrogen-bond donors (Lipinski definition) is 1. The third-order valence-electron chi connectivity index (χ3n) is 5.42. The van der Waals surface area contributed by atoms with Crippen molar-refractivity contribution in [2.24, 2.45) is 5.10 Å². The van der Waals surface area contributed by atoms with E-state index in [0.29, 0.717) is 11.3 Å². The van der Waals surface area contributed by atoms with Gasteiger partial charge in [-0.05, 0) is 69.0 Å². The lowest BCUT2D eigenvalue weighted by atomic mass is 9.99. The second kappa shape index (κ2) is 9.89. The van der Waals surface area contributed by atoms with E-state index in [9.17, 15) is 13.2 Å². The number of nitrogens with zero attached hydrogens (tertiary/aromatic N) is 2. The minimum absolute atomic E-state index is 0.229. The van der Waals surface area contributed by atoms with Crippen LogP contribution in [-0.2, 0) is 10.0 Å².